The Bertz CT molecular complexity index is 307. The van der Waals surface area contributed by atoms with Gasteiger partial charge in [-0.3, -0.25) is 4.79 Å². The number of nitrogens with zero attached hydrogens (tertiary/aromatic N) is 1. The molecule has 1 aliphatic carbocycles. The van der Waals surface area contributed by atoms with Crippen molar-refractivity contribution in [3.05, 3.63) is 0 Å². The highest BCUT2D eigenvalue weighted by Crippen LogP contribution is 2.47. The van der Waals surface area contributed by atoms with Crippen molar-refractivity contribution in [3.8, 4) is 0 Å². The largest absolute Gasteiger partial charge is 0.392 e. The van der Waals surface area contributed by atoms with Gasteiger partial charge in [-0.25, -0.2) is 0 Å². The highest BCUT2D eigenvalue weighted by molar-refractivity contribution is 7.99. The Morgan fingerprint density at radius 1 is 1.44 bits per heavy atom. The molecule has 5 heteroatoms. The zero-order chi connectivity index (χ0) is 11.8. The molecule has 90 valence electrons. The second-order valence-electron chi connectivity index (χ2n) is 4.86. The topological polar surface area (TPSA) is 46.3 Å². The summed E-state index contributed by atoms with van der Waals surface area (Å²) in [5, 5.41) is 0. The van der Waals surface area contributed by atoms with Crippen LogP contribution in [-0.2, 0) is 4.79 Å². The van der Waals surface area contributed by atoms with Crippen molar-refractivity contribution in [2.45, 2.75) is 19.8 Å². The van der Waals surface area contributed by atoms with Gasteiger partial charge in [-0.1, -0.05) is 19.1 Å². The third-order valence-corrected chi connectivity index (χ3v) is 4.91. The lowest BCUT2D eigenvalue weighted by molar-refractivity contribution is -0.143. The van der Waals surface area contributed by atoms with Crippen LogP contribution in [0.1, 0.15) is 19.8 Å². The summed E-state index contributed by atoms with van der Waals surface area (Å²) in [6.45, 7) is 3.85. The quantitative estimate of drug-likeness (QED) is 0.758. The SMILES string of the molecule is CC1CC(C(=O)N2CCSCC2)(C(N)=S)C1. The second kappa shape index (κ2) is 4.53. The summed E-state index contributed by atoms with van der Waals surface area (Å²) in [4.78, 5) is 14.8. The van der Waals surface area contributed by atoms with Crippen molar-refractivity contribution in [1.82, 2.24) is 4.90 Å². The maximum atomic E-state index is 12.4. The molecular formula is C11H18N2OS2. The van der Waals surface area contributed by atoms with Crippen LogP contribution in [0.2, 0.25) is 0 Å². The van der Waals surface area contributed by atoms with Gasteiger partial charge in [0, 0.05) is 24.6 Å². The first-order valence-electron chi connectivity index (χ1n) is 5.73. The molecule has 1 saturated carbocycles. The predicted octanol–water partition coefficient (Wildman–Crippen LogP) is 1.26. The van der Waals surface area contributed by atoms with Crippen LogP contribution in [-0.4, -0.2) is 40.4 Å². The molecule has 0 aromatic heterocycles. The van der Waals surface area contributed by atoms with Crippen LogP contribution in [0.15, 0.2) is 0 Å². The standard InChI is InChI=1S/C11H18N2OS2/c1-8-6-11(7-8,9(12)15)10(14)13-2-4-16-5-3-13/h8H,2-7H2,1H3,(H2,12,15). The van der Waals surface area contributed by atoms with E-state index in [1.807, 2.05) is 16.7 Å². The molecule has 0 aromatic carbocycles. The van der Waals surface area contributed by atoms with E-state index in [1.165, 1.54) is 0 Å². The van der Waals surface area contributed by atoms with E-state index in [2.05, 4.69) is 6.92 Å². The summed E-state index contributed by atoms with van der Waals surface area (Å²) >= 11 is 7.01. The molecule has 16 heavy (non-hydrogen) atoms. The monoisotopic (exact) mass is 258 g/mol. The Labute approximate surface area is 106 Å². The summed E-state index contributed by atoms with van der Waals surface area (Å²) in [5.41, 5.74) is 5.28. The van der Waals surface area contributed by atoms with Gasteiger partial charge in [0.2, 0.25) is 5.91 Å². The maximum absolute atomic E-state index is 12.4. The van der Waals surface area contributed by atoms with Gasteiger partial charge in [-0.15, -0.1) is 0 Å². The number of amides is 1. The third kappa shape index (κ3) is 1.95. The van der Waals surface area contributed by atoms with Gasteiger partial charge in [0.05, 0.1) is 10.4 Å². The molecule has 1 saturated heterocycles. The molecule has 0 unspecified atom stereocenters. The van der Waals surface area contributed by atoms with Crippen molar-refractivity contribution >= 4 is 34.9 Å². The van der Waals surface area contributed by atoms with E-state index in [0.29, 0.717) is 10.9 Å². The molecule has 2 aliphatic rings. The van der Waals surface area contributed by atoms with Gasteiger partial charge >= 0.3 is 0 Å². The molecule has 1 aliphatic heterocycles. The second-order valence-corrected chi connectivity index (χ2v) is 6.53. The van der Waals surface area contributed by atoms with Crippen LogP contribution in [0.4, 0.5) is 0 Å². The molecule has 0 bridgehead atoms. The lowest BCUT2D eigenvalue weighted by Crippen LogP contribution is -2.58. The van der Waals surface area contributed by atoms with E-state index >= 15 is 0 Å². The number of thioether (sulfide) groups is 1. The first kappa shape index (κ1) is 12.2. The molecule has 0 aromatic rings. The van der Waals surface area contributed by atoms with Crippen LogP contribution in [0, 0.1) is 11.3 Å². The molecule has 2 fully saturated rings. The van der Waals surface area contributed by atoms with E-state index < -0.39 is 5.41 Å². The molecule has 3 nitrogen and oxygen atoms in total. The highest BCUT2D eigenvalue weighted by atomic mass is 32.2. The zero-order valence-corrected chi connectivity index (χ0v) is 11.2. The van der Waals surface area contributed by atoms with Gasteiger partial charge in [0.1, 0.15) is 0 Å². The normalized spacial score (nSPS) is 34.3. The molecular weight excluding hydrogens is 240 g/mol. The summed E-state index contributed by atoms with van der Waals surface area (Å²) < 4.78 is 0. The van der Waals surface area contributed by atoms with Gasteiger partial charge in [-0.2, -0.15) is 11.8 Å². The minimum Gasteiger partial charge on any atom is -0.392 e. The molecule has 2 N–H and O–H groups in total. The van der Waals surface area contributed by atoms with Gasteiger partial charge in [0.25, 0.3) is 0 Å². The third-order valence-electron chi connectivity index (χ3n) is 3.57. The number of thiocarbonyl (C=S) groups is 1. The van der Waals surface area contributed by atoms with Gasteiger partial charge in [0.15, 0.2) is 0 Å². The first-order valence-corrected chi connectivity index (χ1v) is 7.29. The Balaban J connectivity index is 2.09. The molecule has 0 spiro atoms. The number of hydrogen-bond acceptors (Lipinski definition) is 3. The minimum absolute atomic E-state index is 0.179. The van der Waals surface area contributed by atoms with E-state index in [1.54, 1.807) is 0 Å². The summed E-state index contributed by atoms with van der Waals surface area (Å²) in [6, 6.07) is 0. The molecule has 1 heterocycles. The summed E-state index contributed by atoms with van der Waals surface area (Å²) in [5.74, 6) is 2.83. The Morgan fingerprint density at radius 3 is 2.44 bits per heavy atom. The number of nitrogens with two attached hydrogens (primary N) is 1. The maximum Gasteiger partial charge on any atom is 0.235 e. The van der Waals surface area contributed by atoms with Crippen molar-refractivity contribution in [2.24, 2.45) is 17.1 Å². The van der Waals surface area contributed by atoms with Crippen molar-refractivity contribution in [1.29, 1.82) is 0 Å². The van der Waals surface area contributed by atoms with Crippen molar-refractivity contribution in [3.63, 3.8) is 0 Å². The fraction of sp³-hybridized carbons (Fsp3) is 0.818. The van der Waals surface area contributed by atoms with Crippen LogP contribution >= 0.6 is 24.0 Å². The Hall–Kier alpha value is -0.290. The van der Waals surface area contributed by atoms with E-state index in [0.717, 1.165) is 37.4 Å². The van der Waals surface area contributed by atoms with E-state index in [-0.39, 0.29) is 5.91 Å². The van der Waals surface area contributed by atoms with Gasteiger partial charge < -0.3 is 10.6 Å². The predicted molar refractivity (Wildman–Crippen MR) is 71.5 cm³/mol. The molecule has 1 amide bonds. The molecule has 2 rings (SSSR count). The van der Waals surface area contributed by atoms with Crippen molar-refractivity contribution < 1.29 is 4.79 Å². The molecule has 0 atom stereocenters. The fourth-order valence-electron chi connectivity index (χ4n) is 2.68. The number of carbonyl (C=O) groups excluding carboxylic acids is 1. The van der Waals surface area contributed by atoms with Crippen LogP contribution in [0.5, 0.6) is 0 Å². The van der Waals surface area contributed by atoms with Crippen molar-refractivity contribution in [2.75, 3.05) is 24.6 Å². The Kier molecular flexibility index (Phi) is 3.45. The average Bonchev–Trinajstić information content (AvgIpc) is 2.24. The number of hydrogen-bond donors (Lipinski definition) is 1. The summed E-state index contributed by atoms with van der Waals surface area (Å²) in [7, 11) is 0. The molecule has 0 radical (unpaired) electrons. The average molecular weight is 258 g/mol. The zero-order valence-electron chi connectivity index (χ0n) is 9.57. The highest BCUT2D eigenvalue weighted by Gasteiger charge is 2.52. The van der Waals surface area contributed by atoms with E-state index in [9.17, 15) is 4.79 Å². The minimum atomic E-state index is -0.503. The summed E-state index contributed by atoms with van der Waals surface area (Å²) in [6.07, 6.45) is 1.68. The van der Waals surface area contributed by atoms with Gasteiger partial charge in [-0.05, 0) is 18.8 Å². The Morgan fingerprint density at radius 2 is 2.00 bits per heavy atom. The first-order chi connectivity index (χ1) is 7.56. The van der Waals surface area contributed by atoms with Crippen LogP contribution in [0.25, 0.3) is 0 Å². The lowest BCUT2D eigenvalue weighted by Gasteiger charge is -2.47. The lowest BCUT2D eigenvalue weighted by atomic mass is 9.61. The van der Waals surface area contributed by atoms with Crippen LogP contribution in [0.3, 0.4) is 0 Å². The number of rotatable bonds is 2. The fourth-order valence-corrected chi connectivity index (χ4v) is 3.84. The smallest absolute Gasteiger partial charge is 0.235 e. The van der Waals surface area contributed by atoms with Crippen LogP contribution < -0.4 is 5.73 Å². The number of carbonyl (C=O) groups is 1. The van der Waals surface area contributed by atoms with E-state index in [4.69, 9.17) is 18.0 Å².